The summed E-state index contributed by atoms with van der Waals surface area (Å²) in [5, 5.41) is 1.14. The van der Waals surface area contributed by atoms with Gasteiger partial charge < -0.3 is 9.30 Å². The summed E-state index contributed by atoms with van der Waals surface area (Å²) in [6.45, 7) is 1.05. The molecular formula is C27H19BrClFN2O3S. The van der Waals surface area contributed by atoms with Crippen molar-refractivity contribution in [3.8, 4) is 5.75 Å². The summed E-state index contributed by atoms with van der Waals surface area (Å²) >= 11 is 10.6. The fraction of sp³-hybridized carbons (Fsp3) is 0.111. The van der Waals surface area contributed by atoms with Crippen LogP contribution >= 0.6 is 39.3 Å². The molecule has 36 heavy (non-hydrogen) atoms. The van der Waals surface area contributed by atoms with Crippen LogP contribution in [0.4, 0.5) is 9.18 Å². The molecule has 1 saturated heterocycles. The number of fused-ring (bicyclic) bond motifs is 1. The molecule has 3 aromatic carbocycles. The van der Waals surface area contributed by atoms with Crippen molar-refractivity contribution in [3.05, 3.63) is 104 Å². The molecule has 2 amide bonds. The second kappa shape index (κ2) is 10.5. The van der Waals surface area contributed by atoms with Crippen molar-refractivity contribution < 1.29 is 18.7 Å². The third-order valence-electron chi connectivity index (χ3n) is 5.71. The lowest BCUT2D eigenvalue weighted by molar-refractivity contribution is -0.123. The van der Waals surface area contributed by atoms with Gasteiger partial charge in [-0.15, -0.1) is 0 Å². The average Bonchev–Trinajstić information content (AvgIpc) is 3.33. The molecule has 0 spiro atoms. The van der Waals surface area contributed by atoms with Crippen molar-refractivity contribution in [3.63, 3.8) is 0 Å². The molecular weight excluding hydrogens is 567 g/mol. The summed E-state index contributed by atoms with van der Waals surface area (Å²) in [4.78, 5) is 27.2. The van der Waals surface area contributed by atoms with E-state index in [0.717, 1.165) is 32.7 Å². The molecule has 5 nitrogen and oxygen atoms in total. The van der Waals surface area contributed by atoms with Gasteiger partial charge in [-0.3, -0.25) is 14.5 Å². The number of nitrogens with zero attached hydrogens (tertiary/aromatic N) is 2. The number of rotatable bonds is 7. The predicted molar refractivity (Wildman–Crippen MR) is 144 cm³/mol. The monoisotopic (exact) mass is 584 g/mol. The fourth-order valence-corrected chi connectivity index (χ4v) is 5.34. The lowest BCUT2D eigenvalue weighted by Gasteiger charge is -2.12. The third kappa shape index (κ3) is 5.21. The van der Waals surface area contributed by atoms with Crippen molar-refractivity contribution in [2.24, 2.45) is 0 Å². The van der Waals surface area contributed by atoms with Crippen molar-refractivity contribution >= 4 is 67.4 Å². The summed E-state index contributed by atoms with van der Waals surface area (Å²) in [5.41, 5.74) is 2.47. The molecule has 0 saturated carbocycles. The van der Waals surface area contributed by atoms with E-state index in [1.807, 2.05) is 47.2 Å². The summed E-state index contributed by atoms with van der Waals surface area (Å²) in [5.74, 6) is -0.117. The Morgan fingerprint density at radius 3 is 2.61 bits per heavy atom. The van der Waals surface area contributed by atoms with E-state index in [0.29, 0.717) is 34.4 Å². The van der Waals surface area contributed by atoms with Crippen LogP contribution in [0.2, 0.25) is 5.02 Å². The highest BCUT2D eigenvalue weighted by atomic mass is 79.9. The molecule has 0 aliphatic carbocycles. The number of thioether (sulfide) groups is 1. The van der Waals surface area contributed by atoms with Crippen LogP contribution in [0.5, 0.6) is 5.75 Å². The minimum Gasteiger partial charge on any atom is -0.490 e. The number of benzene rings is 3. The van der Waals surface area contributed by atoms with Gasteiger partial charge in [-0.25, -0.2) is 4.39 Å². The van der Waals surface area contributed by atoms with Gasteiger partial charge in [-0.05, 0) is 65.9 Å². The van der Waals surface area contributed by atoms with Crippen molar-refractivity contribution in [2.45, 2.75) is 13.1 Å². The van der Waals surface area contributed by atoms with Crippen LogP contribution in [0.15, 0.2) is 82.3 Å². The maximum absolute atomic E-state index is 13.2. The maximum atomic E-state index is 13.2. The molecule has 1 aliphatic rings. The third-order valence-corrected chi connectivity index (χ3v) is 7.43. The number of ether oxygens (including phenoxy) is 1. The minimum absolute atomic E-state index is 0.0922. The largest absolute Gasteiger partial charge is 0.490 e. The fourth-order valence-electron chi connectivity index (χ4n) is 3.96. The van der Waals surface area contributed by atoms with Gasteiger partial charge in [0.25, 0.3) is 11.1 Å². The second-order valence-electron chi connectivity index (χ2n) is 8.11. The van der Waals surface area contributed by atoms with Gasteiger partial charge in [0.15, 0.2) is 0 Å². The van der Waals surface area contributed by atoms with Crippen LogP contribution in [-0.2, 0) is 17.9 Å². The molecule has 1 aliphatic heterocycles. The molecule has 4 aromatic rings. The highest BCUT2D eigenvalue weighted by molar-refractivity contribution is 9.10. The van der Waals surface area contributed by atoms with Crippen LogP contribution in [0.3, 0.4) is 0 Å². The van der Waals surface area contributed by atoms with Crippen LogP contribution in [0.25, 0.3) is 17.0 Å². The molecule has 0 N–H and O–H groups in total. The first-order valence-electron chi connectivity index (χ1n) is 11.0. The topological polar surface area (TPSA) is 51.5 Å². The first kappa shape index (κ1) is 24.6. The summed E-state index contributed by atoms with van der Waals surface area (Å²) in [6.07, 6.45) is 3.69. The van der Waals surface area contributed by atoms with E-state index in [-0.39, 0.29) is 23.5 Å². The number of carbonyl (C=O) groups excluding carboxylic acids is 2. The number of para-hydroxylation sites is 1. The van der Waals surface area contributed by atoms with Gasteiger partial charge in [0.2, 0.25) is 0 Å². The van der Waals surface area contributed by atoms with E-state index in [2.05, 4.69) is 15.9 Å². The average molecular weight is 586 g/mol. The molecule has 0 unspecified atom stereocenters. The Hall–Kier alpha value is -3.07. The van der Waals surface area contributed by atoms with E-state index in [9.17, 15) is 14.0 Å². The zero-order chi connectivity index (χ0) is 25.2. The SMILES string of the molecule is O=C1S/C(=C\c2cn(CCOc3ccccc3Cl)c3ccc(Br)cc23)C(=O)N1Cc1ccc(F)cc1. The van der Waals surface area contributed by atoms with Crippen LogP contribution < -0.4 is 4.74 Å². The number of hydrogen-bond acceptors (Lipinski definition) is 4. The van der Waals surface area contributed by atoms with E-state index < -0.39 is 0 Å². The molecule has 2 heterocycles. The smallest absolute Gasteiger partial charge is 0.293 e. The second-order valence-corrected chi connectivity index (χ2v) is 10.4. The lowest BCUT2D eigenvalue weighted by atomic mass is 10.1. The zero-order valence-electron chi connectivity index (χ0n) is 18.8. The predicted octanol–water partition coefficient (Wildman–Crippen LogP) is 7.51. The summed E-state index contributed by atoms with van der Waals surface area (Å²) in [6, 6.07) is 19.0. The molecule has 182 valence electrons. The first-order valence-corrected chi connectivity index (χ1v) is 13.0. The number of imide groups is 1. The molecule has 9 heteroatoms. The number of hydrogen-bond donors (Lipinski definition) is 0. The highest BCUT2D eigenvalue weighted by Gasteiger charge is 2.35. The molecule has 0 bridgehead atoms. The molecule has 0 radical (unpaired) electrons. The Kier molecular flexibility index (Phi) is 7.18. The maximum Gasteiger partial charge on any atom is 0.293 e. The van der Waals surface area contributed by atoms with E-state index >= 15 is 0 Å². The van der Waals surface area contributed by atoms with E-state index in [1.54, 1.807) is 24.3 Å². The van der Waals surface area contributed by atoms with Gasteiger partial charge >= 0.3 is 0 Å². The quantitative estimate of drug-likeness (QED) is 0.211. The molecule has 1 fully saturated rings. The first-order chi connectivity index (χ1) is 17.4. The van der Waals surface area contributed by atoms with Crippen molar-refractivity contribution in [1.29, 1.82) is 0 Å². The number of halogens is 3. The zero-order valence-corrected chi connectivity index (χ0v) is 21.9. The molecule has 1 aromatic heterocycles. The highest BCUT2D eigenvalue weighted by Crippen LogP contribution is 2.35. The van der Waals surface area contributed by atoms with Crippen LogP contribution in [-0.4, -0.2) is 27.2 Å². The van der Waals surface area contributed by atoms with Gasteiger partial charge in [-0.1, -0.05) is 51.8 Å². The van der Waals surface area contributed by atoms with Crippen molar-refractivity contribution in [1.82, 2.24) is 9.47 Å². The van der Waals surface area contributed by atoms with Crippen LogP contribution in [0, 0.1) is 5.82 Å². The van der Waals surface area contributed by atoms with E-state index in [4.69, 9.17) is 16.3 Å². The minimum atomic E-state index is -0.368. The Balaban J connectivity index is 1.39. The standard InChI is InChI=1S/C27H19BrClFN2O3S/c28-19-7-10-23-21(14-19)18(16-31(23)11-12-35-24-4-2-1-3-22(24)29)13-25-26(33)32(27(34)36-25)15-17-5-8-20(30)9-6-17/h1-10,13-14,16H,11-12,15H2/b25-13-. The lowest BCUT2D eigenvalue weighted by Crippen LogP contribution is -2.27. The number of carbonyl (C=O) groups is 2. The molecule has 5 rings (SSSR count). The number of aromatic nitrogens is 1. The van der Waals surface area contributed by atoms with Gasteiger partial charge in [0.1, 0.15) is 18.2 Å². The Labute approximate surface area is 224 Å². The normalized spacial score (nSPS) is 14.9. The summed E-state index contributed by atoms with van der Waals surface area (Å²) < 4.78 is 22.0. The Bertz CT molecular complexity index is 1500. The summed E-state index contributed by atoms with van der Waals surface area (Å²) in [7, 11) is 0. The van der Waals surface area contributed by atoms with Crippen molar-refractivity contribution in [2.75, 3.05) is 6.61 Å². The Morgan fingerprint density at radius 2 is 1.83 bits per heavy atom. The van der Waals surface area contributed by atoms with Gasteiger partial charge in [0, 0.05) is 27.1 Å². The number of amides is 2. The van der Waals surface area contributed by atoms with Gasteiger partial charge in [0.05, 0.1) is 23.0 Å². The van der Waals surface area contributed by atoms with Gasteiger partial charge in [-0.2, -0.15) is 0 Å². The Morgan fingerprint density at radius 1 is 1.06 bits per heavy atom. The van der Waals surface area contributed by atoms with Crippen LogP contribution in [0.1, 0.15) is 11.1 Å². The molecule has 0 atom stereocenters. The van der Waals surface area contributed by atoms with E-state index in [1.165, 1.54) is 17.0 Å².